The van der Waals surface area contributed by atoms with E-state index in [1.165, 1.54) is 10.5 Å². The maximum Gasteiger partial charge on any atom is 0.274 e. The molecule has 8 heteroatoms. The van der Waals surface area contributed by atoms with Gasteiger partial charge >= 0.3 is 0 Å². The molecule has 2 heterocycles. The number of carbonyl (C=O) groups is 2. The van der Waals surface area contributed by atoms with Gasteiger partial charge in [0, 0.05) is 23.1 Å². The molecular formula is C27H28N4O3S. The third kappa shape index (κ3) is 4.88. The van der Waals surface area contributed by atoms with Crippen molar-refractivity contribution in [3.8, 4) is 0 Å². The molecule has 0 saturated carbocycles. The number of benzene rings is 2. The normalized spacial score (nSPS) is 11.0. The molecule has 0 aliphatic carbocycles. The van der Waals surface area contributed by atoms with E-state index in [0.29, 0.717) is 28.5 Å². The lowest BCUT2D eigenvalue weighted by atomic mass is 10.1. The smallest absolute Gasteiger partial charge is 0.274 e. The van der Waals surface area contributed by atoms with Crippen molar-refractivity contribution < 1.29 is 9.59 Å². The summed E-state index contributed by atoms with van der Waals surface area (Å²) in [4.78, 5) is 45.0. The van der Waals surface area contributed by atoms with E-state index in [9.17, 15) is 14.4 Å². The van der Waals surface area contributed by atoms with Crippen molar-refractivity contribution in [2.45, 2.75) is 47.5 Å². The molecule has 2 aromatic heterocycles. The molecule has 2 aromatic carbocycles. The number of carbonyl (C=O) groups excluding carboxylic acids is 2. The van der Waals surface area contributed by atoms with Gasteiger partial charge in [-0.1, -0.05) is 42.9 Å². The van der Waals surface area contributed by atoms with Crippen molar-refractivity contribution in [3.63, 3.8) is 0 Å². The number of nitrogens with zero attached hydrogens (tertiary/aromatic N) is 2. The number of rotatable bonds is 6. The monoisotopic (exact) mass is 488 g/mol. The number of thiazole rings is 1. The Morgan fingerprint density at radius 2 is 1.71 bits per heavy atom. The van der Waals surface area contributed by atoms with Gasteiger partial charge in [-0.3, -0.25) is 14.4 Å². The van der Waals surface area contributed by atoms with Crippen LogP contribution in [0.1, 0.15) is 61.5 Å². The van der Waals surface area contributed by atoms with E-state index in [0.717, 1.165) is 40.0 Å². The minimum atomic E-state index is -0.544. The van der Waals surface area contributed by atoms with Crippen LogP contribution >= 0.6 is 11.3 Å². The van der Waals surface area contributed by atoms with Gasteiger partial charge in [0.15, 0.2) is 4.96 Å². The highest BCUT2D eigenvalue weighted by molar-refractivity contribution is 7.19. The summed E-state index contributed by atoms with van der Waals surface area (Å²) in [5.41, 5.74) is 5.56. The predicted octanol–water partition coefficient (Wildman–Crippen LogP) is 5.45. The lowest BCUT2D eigenvalue weighted by Crippen LogP contribution is -2.25. The van der Waals surface area contributed by atoms with Crippen molar-refractivity contribution in [2.75, 3.05) is 10.6 Å². The largest absolute Gasteiger partial charge is 0.321 e. The summed E-state index contributed by atoms with van der Waals surface area (Å²) in [6, 6.07) is 12.6. The Bertz CT molecular complexity index is 1520. The number of hydrogen-bond acceptors (Lipinski definition) is 5. The van der Waals surface area contributed by atoms with Gasteiger partial charge in [0.1, 0.15) is 10.6 Å². The number of fused-ring (bicyclic) bond motifs is 1. The maximum absolute atomic E-state index is 13.5. The van der Waals surface area contributed by atoms with Crippen molar-refractivity contribution in [1.29, 1.82) is 0 Å². The number of aryl methyl sites for hydroxylation is 4. The third-order valence-electron chi connectivity index (χ3n) is 6.12. The van der Waals surface area contributed by atoms with Crippen molar-refractivity contribution >= 4 is 39.5 Å². The fourth-order valence-corrected chi connectivity index (χ4v) is 4.88. The Hall–Kier alpha value is -3.78. The van der Waals surface area contributed by atoms with Crippen LogP contribution in [0.25, 0.3) is 4.96 Å². The molecule has 2 amide bonds. The van der Waals surface area contributed by atoms with Gasteiger partial charge in [0.25, 0.3) is 17.4 Å². The van der Waals surface area contributed by atoms with Crippen LogP contribution in [0.15, 0.2) is 47.3 Å². The number of hydrogen-bond donors (Lipinski definition) is 2. The highest BCUT2D eigenvalue weighted by Crippen LogP contribution is 2.26. The molecule has 4 rings (SSSR count). The molecule has 2 N–H and O–H groups in total. The standard InChI is InChI=1S/C27H28N4O3S/c1-6-8-19-14-22(32)31-23(25(33)28-20-12-11-15(2)17(4)13-20)24(35-27(31)29-19)26(34)30-21-10-7-9-16(3)18(21)5/h7,9-14H,6,8H2,1-5H3,(H,28,33)(H,30,34). The minimum Gasteiger partial charge on any atom is -0.321 e. The van der Waals surface area contributed by atoms with Crippen LogP contribution < -0.4 is 16.2 Å². The number of nitrogens with one attached hydrogen (secondary N) is 2. The Morgan fingerprint density at radius 3 is 2.43 bits per heavy atom. The van der Waals surface area contributed by atoms with Crippen LogP contribution in [0.5, 0.6) is 0 Å². The first-order valence-corrected chi connectivity index (χ1v) is 12.3. The summed E-state index contributed by atoms with van der Waals surface area (Å²) in [5, 5.41) is 5.76. The van der Waals surface area contributed by atoms with Crippen molar-refractivity contribution in [3.05, 3.63) is 91.3 Å². The zero-order valence-electron chi connectivity index (χ0n) is 20.5. The first-order valence-electron chi connectivity index (χ1n) is 11.5. The summed E-state index contributed by atoms with van der Waals surface area (Å²) >= 11 is 1.04. The molecule has 0 spiro atoms. The lowest BCUT2D eigenvalue weighted by molar-refractivity contribution is 0.0989. The highest BCUT2D eigenvalue weighted by atomic mass is 32.1. The van der Waals surface area contributed by atoms with Crippen LogP contribution in [-0.2, 0) is 6.42 Å². The highest BCUT2D eigenvalue weighted by Gasteiger charge is 2.27. The van der Waals surface area contributed by atoms with Gasteiger partial charge in [0.2, 0.25) is 0 Å². The molecule has 0 atom stereocenters. The number of amides is 2. The molecule has 0 bridgehead atoms. The Kier molecular flexibility index (Phi) is 6.84. The molecule has 0 saturated heterocycles. The van der Waals surface area contributed by atoms with Crippen molar-refractivity contribution in [2.24, 2.45) is 0 Å². The van der Waals surface area contributed by atoms with Crippen LogP contribution in [0.4, 0.5) is 11.4 Å². The number of aromatic nitrogens is 2. The van der Waals surface area contributed by atoms with Crippen LogP contribution in [-0.4, -0.2) is 21.2 Å². The van der Waals surface area contributed by atoms with Crippen molar-refractivity contribution in [1.82, 2.24) is 9.38 Å². The molecule has 180 valence electrons. The average molecular weight is 489 g/mol. The lowest BCUT2D eigenvalue weighted by Gasteiger charge is -2.11. The summed E-state index contributed by atoms with van der Waals surface area (Å²) in [7, 11) is 0. The van der Waals surface area contributed by atoms with Gasteiger partial charge in [-0.2, -0.15) is 0 Å². The van der Waals surface area contributed by atoms with E-state index in [-0.39, 0.29) is 16.1 Å². The average Bonchev–Trinajstić information content (AvgIpc) is 3.20. The predicted molar refractivity (Wildman–Crippen MR) is 141 cm³/mol. The van der Waals surface area contributed by atoms with E-state index in [2.05, 4.69) is 15.6 Å². The molecule has 7 nitrogen and oxygen atoms in total. The van der Waals surface area contributed by atoms with Gasteiger partial charge in [-0.15, -0.1) is 0 Å². The molecule has 0 aliphatic rings. The van der Waals surface area contributed by atoms with Gasteiger partial charge in [-0.05, 0) is 74.6 Å². The molecule has 0 fully saturated rings. The minimum absolute atomic E-state index is 0.0217. The van der Waals surface area contributed by atoms with E-state index in [1.807, 2.05) is 65.0 Å². The SMILES string of the molecule is CCCc1cc(=O)n2c(C(=O)Nc3ccc(C)c(C)c3)c(C(=O)Nc3cccc(C)c3C)sc2n1. The van der Waals surface area contributed by atoms with Crippen LogP contribution in [0.3, 0.4) is 0 Å². The zero-order valence-corrected chi connectivity index (χ0v) is 21.3. The third-order valence-corrected chi connectivity index (χ3v) is 7.16. The van der Waals surface area contributed by atoms with Gasteiger partial charge in [0.05, 0.1) is 0 Å². The molecule has 0 radical (unpaired) electrons. The molecule has 35 heavy (non-hydrogen) atoms. The molecule has 0 unspecified atom stereocenters. The number of anilines is 2. The summed E-state index contributed by atoms with van der Waals surface area (Å²) in [5.74, 6) is -1.01. The zero-order chi connectivity index (χ0) is 25.3. The summed E-state index contributed by atoms with van der Waals surface area (Å²) in [6.45, 7) is 9.83. The second kappa shape index (κ2) is 9.84. The molecule has 0 aliphatic heterocycles. The van der Waals surface area contributed by atoms with E-state index < -0.39 is 11.8 Å². The second-order valence-electron chi connectivity index (χ2n) is 8.69. The fourth-order valence-electron chi connectivity index (χ4n) is 3.84. The Balaban J connectivity index is 1.82. The second-order valence-corrected chi connectivity index (χ2v) is 9.67. The van der Waals surface area contributed by atoms with Crippen LogP contribution in [0.2, 0.25) is 0 Å². The van der Waals surface area contributed by atoms with E-state index >= 15 is 0 Å². The topological polar surface area (TPSA) is 92.6 Å². The fraction of sp³-hybridized carbons (Fsp3) is 0.259. The Morgan fingerprint density at radius 1 is 0.943 bits per heavy atom. The van der Waals surface area contributed by atoms with Gasteiger partial charge in [-0.25, -0.2) is 9.38 Å². The first-order chi connectivity index (χ1) is 16.7. The first kappa shape index (κ1) is 24.3. The van der Waals surface area contributed by atoms with Gasteiger partial charge < -0.3 is 10.6 Å². The van der Waals surface area contributed by atoms with E-state index in [4.69, 9.17) is 0 Å². The Labute approximate surface area is 207 Å². The molecule has 4 aromatic rings. The van der Waals surface area contributed by atoms with Crippen LogP contribution in [0, 0.1) is 27.7 Å². The summed E-state index contributed by atoms with van der Waals surface area (Å²) < 4.78 is 1.23. The van der Waals surface area contributed by atoms with E-state index in [1.54, 1.807) is 6.07 Å². The quantitative estimate of drug-likeness (QED) is 0.378. The maximum atomic E-state index is 13.5. The molecular weight excluding hydrogens is 460 g/mol. The summed E-state index contributed by atoms with van der Waals surface area (Å²) in [6.07, 6.45) is 1.46.